The van der Waals surface area contributed by atoms with Crippen LogP contribution in [0.15, 0.2) is 24.3 Å². The van der Waals surface area contributed by atoms with E-state index in [4.69, 9.17) is 10.5 Å². The van der Waals surface area contributed by atoms with E-state index in [0.717, 1.165) is 25.7 Å². The number of nitrogens with one attached hydrogen (secondary N) is 1. The third-order valence-electron chi connectivity index (χ3n) is 3.02. The molecule has 0 heterocycles. The number of hydrogen-bond acceptors (Lipinski definition) is 4. The normalized spacial score (nSPS) is 10.2. The molecule has 1 rings (SSSR count). The molecule has 3 N–H and O–H groups in total. The Balaban J connectivity index is 2.41. The van der Waals surface area contributed by atoms with Crippen LogP contribution in [0.1, 0.15) is 49.4 Å². The van der Waals surface area contributed by atoms with Crippen molar-refractivity contribution in [3.63, 3.8) is 0 Å². The molecule has 0 aliphatic carbocycles. The molecule has 1 aromatic carbocycles. The summed E-state index contributed by atoms with van der Waals surface area (Å²) in [5.74, 6) is -0.417. The minimum absolute atomic E-state index is 0.0382. The topological polar surface area (TPSA) is 81.4 Å². The van der Waals surface area contributed by atoms with Crippen LogP contribution < -0.4 is 11.1 Å². The van der Waals surface area contributed by atoms with E-state index in [1.54, 1.807) is 31.2 Å². The van der Waals surface area contributed by atoms with Gasteiger partial charge >= 0.3 is 5.97 Å². The molecule has 1 aromatic rings. The predicted molar refractivity (Wildman–Crippen MR) is 83.2 cm³/mol. The van der Waals surface area contributed by atoms with Crippen molar-refractivity contribution in [1.82, 2.24) is 0 Å². The Morgan fingerprint density at radius 1 is 1.19 bits per heavy atom. The van der Waals surface area contributed by atoms with E-state index in [-0.39, 0.29) is 11.9 Å². The number of anilines is 1. The fraction of sp³-hybridized carbons (Fsp3) is 0.500. The van der Waals surface area contributed by atoms with Gasteiger partial charge in [0, 0.05) is 12.1 Å². The first-order chi connectivity index (χ1) is 10.2. The lowest BCUT2D eigenvalue weighted by atomic mass is 10.1. The highest BCUT2D eigenvalue weighted by atomic mass is 16.5. The number of carbonyl (C=O) groups excluding carboxylic acids is 2. The van der Waals surface area contributed by atoms with Crippen molar-refractivity contribution >= 4 is 17.6 Å². The van der Waals surface area contributed by atoms with Crippen molar-refractivity contribution in [3.8, 4) is 0 Å². The van der Waals surface area contributed by atoms with Gasteiger partial charge in [-0.2, -0.15) is 0 Å². The maximum atomic E-state index is 11.8. The van der Waals surface area contributed by atoms with Gasteiger partial charge in [-0.3, -0.25) is 4.79 Å². The summed E-state index contributed by atoms with van der Waals surface area (Å²) in [5, 5.41) is 2.80. The smallest absolute Gasteiger partial charge is 0.338 e. The molecule has 0 atom stereocenters. The highest BCUT2D eigenvalue weighted by Crippen LogP contribution is 2.13. The fourth-order valence-electron chi connectivity index (χ4n) is 1.95. The van der Waals surface area contributed by atoms with Gasteiger partial charge in [0.05, 0.1) is 12.2 Å². The van der Waals surface area contributed by atoms with Crippen LogP contribution >= 0.6 is 0 Å². The van der Waals surface area contributed by atoms with E-state index in [0.29, 0.717) is 30.8 Å². The van der Waals surface area contributed by atoms with Crippen LogP contribution in [-0.2, 0) is 9.53 Å². The van der Waals surface area contributed by atoms with Gasteiger partial charge < -0.3 is 15.8 Å². The Kier molecular flexibility index (Phi) is 8.12. The lowest BCUT2D eigenvalue weighted by Gasteiger charge is -2.07. The van der Waals surface area contributed by atoms with E-state index >= 15 is 0 Å². The molecule has 0 saturated heterocycles. The Bertz CT molecular complexity index is 461. The SMILES string of the molecule is CCOC(=O)c1cccc(NC(=O)CCCCCCN)c1. The first-order valence-corrected chi connectivity index (χ1v) is 7.44. The number of nitrogens with two attached hydrogens (primary N) is 1. The Labute approximate surface area is 125 Å². The van der Waals surface area contributed by atoms with Gasteiger partial charge in [-0.1, -0.05) is 18.9 Å². The van der Waals surface area contributed by atoms with Crippen molar-refractivity contribution < 1.29 is 14.3 Å². The Morgan fingerprint density at radius 3 is 2.67 bits per heavy atom. The number of hydrogen-bond donors (Lipinski definition) is 2. The van der Waals surface area contributed by atoms with E-state index in [2.05, 4.69) is 5.32 Å². The molecular weight excluding hydrogens is 268 g/mol. The molecule has 1 amide bonds. The second kappa shape index (κ2) is 9.94. The van der Waals surface area contributed by atoms with E-state index in [1.807, 2.05) is 0 Å². The zero-order valence-electron chi connectivity index (χ0n) is 12.6. The molecule has 116 valence electrons. The summed E-state index contributed by atoms with van der Waals surface area (Å²) in [7, 11) is 0. The van der Waals surface area contributed by atoms with Gasteiger partial charge in [-0.15, -0.1) is 0 Å². The molecule has 0 unspecified atom stereocenters. The third kappa shape index (κ3) is 6.90. The van der Waals surface area contributed by atoms with E-state index in [9.17, 15) is 9.59 Å². The van der Waals surface area contributed by atoms with Crippen molar-refractivity contribution in [1.29, 1.82) is 0 Å². The summed E-state index contributed by atoms with van der Waals surface area (Å²) in [6.45, 7) is 2.79. The molecular formula is C16H24N2O3. The van der Waals surface area contributed by atoms with E-state index in [1.165, 1.54) is 0 Å². The van der Waals surface area contributed by atoms with Crippen LogP contribution in [0.2, 0.25) is 0 Å². The molecule has 5 nitrogen and oxygen atoms in total. The van der Waals surface area contributed by atoms with Gasteiger partial charge in [0.1, 0.15) is 0 Å². The molecule has 0 aliphatic heterocycles. The quantitative estimate of drug-likeness (QED) is 0.541. The molecule has 0 fully saturated rings. The van der Waals surface area contributed by atoms with Crippen LogP contribution in [0.4, 0.5) is 5.69 Å². The number of carbonyl (C=O) groups is 2. The molecule has 0 saturated carbocycles. The maximum absolute atomic E-state index is 11.8. The molecule has 5 heteroatoms. The first-order valence-electron chi connectivity index (χ1n) is 7.44. The summed E-state index contributed by atoms with van der Waals surface area (Å²) in [6.07, 6.45) is 4.40. The largest absolute Gasteiger partial charge is 0.462 e. The predicted octanol–water partition coefficient (Wildman–Crippen LogP) is 2.71. The number of unbranched alkanes of at least 4 members (excludes halogenated alkanes) is 3. The van der Waals surface area contributed by atoms with Gasteiger partial charge in [-0.05, 0) is 44.5 Å². The molecule has 0 radical (unpaired) electrons. The highest BCUT2D eigenvalue weighted by Gasteiger charge is 2.08. The van der Waals surface area contributed by atoms with Crippen LogP contribution in [-0.4, -0.2) is 25.0 Å². The monoisotopic (exact) mass is 292 g/mol. The molecule has 21 heavy (non-hydrogen) atoms. The first kappa shape index (κ1) is 17.2. The third-order valence-corrected chi connectivity index (χ3v) is 3.02. The molecule has 0 bridgehead atoms. The maximum Gasteiger partial charge on any atom is 0.338 e. The minimum atomic E-state index is -0.379. The number of benzene rings is 1. The molecule has 0 aromatic heterocycles. The lowest BCUT2D eigenvalue weighted by Crippen LogP contribution is -2.12. The zero-order chi connectivity index (χ0) is 15.5. The van der Waals surface area contributed by atoms with Gasteiger partial charge in [0.15, 0.2) is 0 Å². The number of rotatable bonds is 9. The minimum Gasteiger partial charge on any atom is -0.462 e. The number of ether oxygens (including phenoxy) is 1. The second-order valence-electron chi connectivity index (χ2n) is 4.80. The fourth-order valence-corrected chi connectivity index (χ4v) is 1.95. The van der Waals surface area contributed by atoms with Gasteiger partial charge in [0.2, 0.25) is 5.91 Å². The van der Waals surface area contributed by atoms with Crippen LogP contribution in [0.5, 0.6) is 0 Å². The van der Waals surface area contributed by atoms with Crippen LogP contribution in [0, 0.1) is 0 Å². The van der Waals surface area contributed by atoms with Gasteiger partial charge in [0.25, 0.3) is 0 Å². The summed E-state index contributed by atoms with van der Waals surface area (Å²) in [6, 6.07) is 6.78. The van der Waals surface area contributed by atoms with Gasteiger partial charge in [-0.25, -0.2) is 4.79 Å². The average molecular weight is 292 g/mol. The highest BCUT2D eigenvalue weighted by molar-refractivity contribution is 5.94. The van der Waals surface area contributed by atoms with Crippen molar-refractivity contribution in [2.24, 2.45) is 5.73 Å². The lowest BCUT2D eigenvalue weighted by molar-refractivity contribution is -0.116. The van der Waals surface area contributed by atoms with Crippen molar-refractivity contribution in [2.45, 2.75) is 39.0 Å². The van der Waals surface area contributed by atoms with Crippen molar-refractivity contribution in [2.75, 3.05) is 18.5 Å². The summed E-state index contributed by atoms with van der Waals surface area (Å²) < 4.78 is 4.93. The van der Waals surface area contributed by atoms with Crippen molar-refractivity contribution in [3.05, 3.63) is 29.8 Å². The number of esters is 1. The number of amides is 1. The molecule has 0 spiro atoms. The standard InChI is InChI=1S/C16H24N2O3/c1-2-21-16(20)13-8-7-9-14(12-13)18-15(19)10-5-3-4-6-11-17/h7-9,12H,2-6,10-11,17H2,1H3,(H,18,19). The Hall–Kier alpha value is -1.88. The van der Waals surface area contributed by atoms with Crippen LogP contribution in [0.3, 0.4) is 0 Å². The molecule has 0 aliphatic rings. The summed E-state index contributed by atoms with van der Waals surface area (Å²) >= 11 is 0. The second-order valence-corrected chi connectivity index (χ2v) is 4.80. The zero-order valence-corrected chi connectivity index (χ0v) is 12.6. The van der Waals surface area contributed by atoms with Crippen LogP contribution in [0.25, 0.3) is 0 Å². The Morgan fingerprint density at radius 2 is 1.95 bits per heavy atom. The van der Waals surface area contributed by atoms with E-state index < -0.39 is 0 Å². The summed E-state index contributed by atoms with van der Waals surface area (Å²) in [4.78, 5) is 23.4. The average Bonchev–Trinajstić information content (AvgIpc) is 2.47. The summed E-state index contributed by atoms with van der Waals surface area (Å²) in [5.41, 5.74) is 6.48.